The maximum absolute atomic E-state index is 11.8. The summed E-state index contributed by atoms with van der Waals surface area (Å²) in [5, 5.41) is 5.59. The number of carbonyl (C=O) groups is 2. The second-order valence-electron chi connectivity index (χ2n) is 3.41. The van der Waals surface area contributed by atoms with Crippen LogP contribution in [0.1, 0.15) is 6.92 Å². The van der Waals surface area contributed by atoms with E-state index in [-0.39, 0.29) is 5.91 Å². The van der Waals surface area contributed by atoms with Crippen LogP contribution < -0.4 is 10.6 Å². The smallest absolute Gasteiger partial charge is 0.296 e. The number of rotatable bonds is 2. The molecule has 0 spiro atoms. The van der Waals surface area contributed by atoms with Gasteiger partial charge in [0.05, 0.1) is 0 Å². The average Bonchev–Trinajstić information content (AvgIpc) is 2.29. The van der Waals surface area contributed by atoms with E-state index in [1.54, 1.807) is 11.8 Å². The summed E-state index contributed by atoms with van der Waals surface area (Å²) in [6.45, 7) is 4.58. The lowest BCUT2D eigenvalue weighted by Crippen LogP contribution is -2.52. The number of carbonyl (C=O) groups excluding carboxylic acids is 2. The first-order valence-corrected chi connectivity index (χ1v) is 4.91. The summed E-state index contributed by atoms with van der Waals surface area (Å²) in [6.07, 6.45) is 4.90. The van der Waals surface area contributed by atoms with Crippen LogP contribution in [0.2, 0.25) is 0 Å². The molecule has 82 valence electrons. The Balaban J connectivity index is 2.44. The van der Waals surface area contributed by atoms with Gasteiger partial charge in [0, 0.05) is 26.2 Å². The monoisotopic (exact) mass is 209 g/mol. The quantitative estimate of drug-likeness (QED) is 0.547. The fraction of sp³-hybridized carbons (Fsp3) is 0.600. The van der Waals surface area contributed by atoms with Crippen LogP contribution in [0.15, 0.2) is 0 Å². The highest BCUT2D eigenvalue weighted by atomic mass is 16.2. The molecule has 1 aliphatic rings. The summed E-state index contributed by atoms with van der Waals surface area (Å²) in [4.78, 5) is 24.4. The highest BCUT2D eigenvalue weighted by Gasteiger charge is 2.22. The molecule has 0 aromatic rings. The third kappa shape index (κ3) is 3.26. The normalized spacial score (nSPS) is 17.7. The van der Waals surface area contributed by atoms with Gasteiger partial charge in [0.2, 0.25) is 5.91 Å². The molecule has 1 saturated heterocycles. The van der Waals surface area contributed by atoms with Crippen LogP contribution in [-0.4, -0.2) is 48.9 Å². The number of piperazine rings is 1. The summed E-state index contributed by atoms with van der Waals surface area (Å²) < 4.78 is 0. The minimum Gasteiger partial charge on any atom is -0.338 e. The van der Waals surface area contributed by atoms with Gasteiger partial charge in [0.25, 0.3) is 5.91 Å². The van der Waals surface area contributed by atoms with Crippen LogP contribution in [-0.2, 0) is 9.59 Å². The number of nitrogens with one attached hydrogen (secondary N) is 2. The maximum Gasteiger partial charge on any atom is 0.296 e. The standard InChI is InChI=1S/C10H15N3O2/c1-3-9(14)12-8(2)10(15)13-6-4-11-5-7-13/h1,8,11H,4-7H2,2H3,(H,12,14). The Labute approximate surface area is 89.2 Å². The minimum absolute atomic E-state index is 0.0832. The van der Waals surface area contributed by atoms with Crippen molar-refractivity contribution in [2.45, 2.75) is 13.0 Å². The molecular formula is C10H15N3O2. The van der Waals surface area contributed by atoms with E-state index in [0.717, 1.165) is 13.1 Å². The molecule has 1 aliphatic heterocycles. The van der Waals surface area contributed by atoms with E-state index in [9.17, 15) is 9.59 Å². The molecule has 0 bridgehead atoms. The Hall–Kier alpha value is -1.54. The molecule has 0 radical (unpaired) electrons. The van der Waals surface area contributed by atoms with Crippen LogP contribution in [0, 0.1) is 12.3 Å². The Morgan fingerprint density at radius 1 is 1.47 bits per heavy atom. The van der Waals surface area contributed by atoms with Gasteiger partial charge in [-0.15, -0.1) is 6.42 Å². The molecule has 0 aliphatic carbocycles. The zero-order valence-electron chi connectivity index (χ0n) is 8.75. The molecule has 1 atom stereocenters. The van der Waals surface area contributed by atoms with Gasteiger partial charge in [-0.2, -0.15) is 0 Å². The molecule has 0 saturated carbocycles. The van der Waals surface area contributed by atoms with Crippen LogP contribution in [0.3, 0.4) is 0 Å². The molecule has 15 heavy (non-hydrogen) atoms. The van der Waals surface area contributed by atoms with Crippen molar-refractivity contribution in [1.29, 1.82) is 0 Å². The number of nitrogens with zero attached hydrogens (tertiary/aromatic N) is 1. The van der Waals surface area contributed by atoms with Gasteiger partial charge in [0.15, 0.2) is 0 Å². The Morgan fingerprint density at radius 2 is 2.07 bits per heavy atom. The van der Waals surface area contributed by atoms with Crippen molar-refractivity contribution >= 4 is 11.8 Å². The van der Waals surface area contributed by atoms with Crippen molar-refractivity contribution in [2.24, 2.45) is 0 Å². The third-order valence-electron chi connectivity index (χ3n) is 2.28. The Kier molecular flexibility index (Phi) is 4.13. The number of hydrogen-bond acceptors (Lipinski definition) is 3. The fourth-order valence-corrected chi connectivity index (χ4v) is 1.46. The van der Waals surface area contributed by atoms with Crippen molar-refractivity contribution in [3.63, 3.8) is 0 Å². The van der Waals surface area contributed by atoms with Gasteiger partial charge in [-0.25, -0.2) is 0 Å². The second-order valence-corrected chi connectivity index (χ2v) is 3.41. The van der Waals surface area contributed by atoms with E-state index in [4.69, 9.17) is 6.42 Å². The maximum atomic E-state index is 11.8. The van der Waals surface area contributed by atoms with Gasteiger partial charge in [0.1, 0.15) is 6.04 Å². The van der Waals surface area contributed by atoms with Crippen LogP contribution in [0.5, 0.6) is 0 Å². The lowest BCUT2D eigenvalue weighted by atomic mass is 10.2. The summed E-state index contributed by atoms with van der Waals surface area (Å²) >= 11 is 0. The van der Waals surface area contributed by atoms with E-state index in [2.05, 4.69) is 10.6 Å². The zero-order valence-corrected chi connectivity index (χ0v) is 8.75. The summed E-state index contributed by atoms with van der Waals surface area (Å²) in [7, 11) is 0. The SMILES string of the molecule is C#CC(=O)NC(C)C(=O)N1CCNCC1. The van der Waals surface area contributed by atoms with E-state index >= 15 is 0 Å². The van der Waals surface area contributed by atoms with Crippen molar-refractivity contribution in [2.75, 3.05) is 26.2 Å². The van der Waals surface area contributed by atoms with E-state index < -0.39 is 11.9 Å². The minimum atomic E-state index is -0.550. The van der Waals surface area contributed by atoms with Crippen molar-refractivity contribution < 1.29 is 9.59 Å². The average molecular weight is 209 g/mol. The van der Waals surface area contributed by atoms with Gasteiger partial charge in [-0.3, -0.25) is 9.59 Å². The molecule has 0 aromatic heterocycles. The molecule has 1 unspecified atom stereocenters. The lowest BCUT2D eigenvalue weighted by Gasteiger charge is -2.29. The molecule has 1 rings (SSSR count). The van der Waals surface area contributed by atoms with Crippen molar-refractivity contribution in [3.8, 4) is 12.3 Å². The molecule has 1 fully saturated rings. The molecule has 2 amide bonds. The summed E-state index contributed by atoms with van der Waals surface area (Å²) in [5.41, 5.74) is 0. The highest BCUT2D eigenvalue weighted by Crippen LogP contribution is 1.97. The third-order valence-corrected chi connectivity index (χ3v) is 2.28. The Bertz CT molecular complexity index is 290. The van der Waals surface area contributed by atoms with Crippen molar-refractivity contribution in [3.05, 3.63) is 0 Å². The lowest BCUT2D eigenvalue weighted by molar-refractivity contribution is -0.135. The molecule has 0 aromatic carbocycles. The molecule has 5 heteroatoms. The van der Waals surface area contributed by atoms with Crippen LogP contribution in [0.4, 0.5) is 0 Å². The topological polar surface area (TPSA) is 61.4 Å². The van der Waals surface area contributed by atoms with Gasteiger partial charge in [-0.05, 0) is 12.8 Å². The van der Waals surface area contributed by atoms with Gasteiger partial charge < -0.3 is 15.5 Å². The van der Waals surface area contributed by atoms with Crippen LogP contribution >= 0.6 is 0 Å². The largest absolute Gasteiger partial charge is 0.338 e. The highest BCUT2D eigenvalue weighted by molar-refractivity contribution is 5.96. The predicted molar refractivity (Wildman–Crippen MR) is 55.9 cm³/mol. The predicted octanol–water partition coefficient (Wildman–Crippen LogP) is -1.44. The van der Waals surface area contributed by atoms with Gasteiger partial charge >= 0.3 is 0 Å². The number of terminal acetylenes is 1. The molecule has 2 N–H and O–H groups in total. The van der Waals surface area contributed by atoms with Crippen molar-refractivity contribution in [1.82, 2.24) is 15.5 Å². The Morgan fingerprint density at radius 3 is 2.60 bits per heavy atom. The fourth-order valence-electron chi connectivity index (χ4n) is 1.46. The van der Waals surface area contributed by atoms with E-state index in [1.165, 1.54) is 0 Å². The summed E-state index contributed by atoms with van der Waals surface area (Å²) in [5.74, 6) is 1.29. The number of hydrogen-bond donors (Lipinski definition) is 2. The van der Waals surface area contributed by atoms with E-state index in [0.29, 0.717) is 13.1 Å². The first-order valence-electron chi connectivity index (χ1n) is 4.91. The first-order chi connectivity index (χ1) is 7.15. The van der Waals surface area contributed by atoms with E-state index in [1.807, 2.05) is 5.92 Å². The zero-order chi connectivity index (χ0) is 11.3. The first kappa shape index (κ1) is 11.5. The molecule has 5 nitrogen and oxygen atoms in total. The number of amides is 2. The molecular weight excluding hydrogens is 194 g/mol. The second kappa shape index (κ2) is 5.37. The summed E-state index contributed by atoms with van der Waals surface area (Å²) in [6, 6.07) is -0.549. The van der Waals surface area contributed by atoms with Gasteiger partial charge in [-0.1, -0.05) is 0 Å². The molecule has 1 heterocycles. The van der Waals surface area contributed by atoms with Crippen LogP contribution in [0.25, 0.3) is 0 Å².